The second-order valence-electron chi connectivity index (χ2n) is 5.78. The van der Waals surface area contributed by atoms with Crippen LogP contribution in [0.15, 0.2) is 58.8 Å². The number of anilines is 2. The van der Waals surface area contributed by atoms with E-state index in [-0.39, 0.29) is 15.7 Å². The van der Waals surface area contributed by atoms with E-state index in [9.17, 15) is 13.2 Å². The number of amides is 1. The minimum Gasteiger partial charge on any atom is -0.321 e. The standard InChI is InChI=1S/C18H17N3O3S2/c1-12-3-7-14(8-4-12)19-17(22)16-11-25-18(20-16)21-26(23,24)15-9-5-13(2)6-10-15/h3-11H,1-2H3,(H,19,22)(H,20,21). The van der Waals surface area contributed by atoms with Crippen LogP contribution < -0.4 is 10.0 Å². The zero-order chi connectivity index (χ0) is 18.7. The predicted octanol–water partition coefficient (Wildman–Crippen LogP) is 3.81. The van der Waals surface area contributed by atoms with Gasteiger partial charge in [0.25, 0.3) is 15.9 Å². The van der Waals surface area contributed by atoms with Crippen molar-refractivity contribution >= 4 is 38.1 Å². The van der Waals surface area contributed by atoms with Crippen LogP contribution in [0, 0.1) is 13.8 Å². The number of sulfonamides is 1. The summed E-state index contributed by atoms with van der Waals surface area (Å²) in [6, 6.07) is 13.8. The molecule has 2 aromatic carbocycles. The number of hydrogen-bond acceptors (Lipinski definition) is 5. The fraction of sp³-hybridized carbons (Fsp3) is 0.111. The fourth-order valence-electron chi connectivity index (χ4n) is 2.15. The molecule has 0 saturated carbocycles. The van der Waals surface area contributed by atoms with Crippen LogP contribution in [0.25, 0.3) is 0 Å². The maximum atomic E-state index is 12.4. The molecule has 1 amide bonds. The highest BCUT2D eigenvalue weighted by Gasteiger charge is 2.18. The molecule has 0 spiro atoms. The van der Waals surface area contributed by atoms with Gasteiger partial charge in [0.1, 0.15) is 5.69 Å². The van der Waals surface area contributed by atoms with Crippen LogP contribution in [0.3, 0.4) is 0 Å². The molecule has 0 saturated heterocycles. The van der Waals surface area contributed by atoms with E-state index >= 15 is 0 Å². The maximum Gasteiger partial charge on any atom is 0.275 e. The molecule has 0 unspecified atom stereocenters. The third kappa shape index (κ3) is 4.27. The Morgan fingerprint density at radius 1 is 0.962 bits per heavy atom. The zero-order valence-electron chi connectivity index (χ0n) is 14.2. The maximum absolute atomic E-state index is 12.4. The normalized spacial score (nSPS) is 11.2. The van der Waals surface area contributed by atoms with E-state index in [0.29, 0.717) is 5.69 Å². The van der Waals surface area contributed by atoms with Gasteiger partial charge in [0.05, 0.1) is 4.90 Å². The largest absolute Gasteiger partial charge is 0.321 e. The van der Waals surface area contributed by atoms with Gasteiger partial charge in [-0.25, -0.2) is 13.4 Å². The van der Waals surface area contributed by atoms with Gasteiger partial charge >= 0.3 is 0 Å². The third-order valence-corrected chi connectivity index (χ3v) is 5.84. The number of benzene rings is 2. The van der Waals surface area contributed by atoms with Crippen molar-refractivity contribution in [2.24, 2.45) is 0 Å². The Hall–Kier alpha value is -2.71. The van der Waals surface area contributed by atoms with Gasteiger partial charge < -0.3 is 5.32 Å². The first-order valence-corrected chi connectivity index (χ1v) is 10.1. The molecule has 0 bridgehead atoms. The number of nitrogens with one attached hydrogen (secondary N) is 2. The summed E-state index contributed by atoms with van der Waals surface area (Å²) in [5.74, 6) is -0.397. The van der Waals surface area contributed by atoms with Crippen LogP contribution in [-0.4, -0.2) is 19.3 Å². The van der Waals surface area contributed by atoms with Crippen LogP contribution in [-0.2, 0) is 10.0 Å². The Labute approximate surface area is 156 Å². The third-order valence-electron chi connectivity index (χ3n) is 3.60. The lowest BCUT2D eigenvalue weighted by Crippen LogP contribution is -2.14. The van der Waals surface area contributed by atoms with Crippen LogP contribution in [0.5, 0.6) is 0 Å². The van der Waals surface area contributed by atoms with Gasteiger partial charge in [0.2, 0.25) is 0 Å². The summed E-state index contributed by atoms with van der Waals surface area (Å²) < 4.78 is 27.1. The molecule has 26 heavy (non-hydrogen) atoms. The SMILES string of the molecule is Cc1ccc(NC(=O)c2csc(NS(=O)(=O)c3ccc(C)cc3)n2)cc1. The first-order chi connectivity index (χ1) is 12.3. The molecular formula is C18H17N3O3S2. The molecule has 0 atom stereocenters. The number of aryl methyl sites for hydroxylation is 2. The molecule has 134 valence electrons. The zero-order valence-corrected chi connectivity index (χ0v) is 15.8. The molecule has 6 nitrogen and oxygen atoms in total. The summed E-state index contributed by atoms with van der Waals surface area (Å²) in [7, 11) is -3.74. The number of carbonyl (C=O) groups excluding carboxylic acids is 1. The van der Waals surface area contributed by atoms with Gasteiger partial charge in [-0.15, -0.1) is 11.3 Å². The average Bonchev–Trinajstić information content (AvgIpc) is 3.05. The lowest BCUT2D eigenvalue weighted by molar-refractivity contribution is 0.102. The Kier molecular flexibility index (Phi) is 5.06. The van der Waals surface area contributed by atoms with Crippen molar-refractivity contribution < 1.29 is 13.2 Å². The van der Waals surface area contributed by atoms with Gasteiger partial charge in [-0.2, -0.15) is 0 Å². The number of thiazole rings is 1. The average molecular weight is 387 g/mol. The monoisotopic (exact) mass is 387 g/mol. The van der Waals surface area contributed by atoms with Gasteiger partial charge in [-0.3, -0.25) is 9.52 Å². The molecular weight excluding hydrogens is 370 g/mol. The fourth-order valence-corrected chi connectivity index (χ4v) is 4.09. The van der Waals surface area contributed by atoms with E-state index in [1.807, 2.05) is 26.0 Å². The van der Waals surface area contributed by atoms with Crippen LogP contribution >= 0.6 is 11.3 Å². The predicted molar refractivity (Wildman–Crippen MR) is 103 cm³/mol. The summed E-state index contributed by atoms with van der Waals surface area (Å²) in [6.07, 6.45) is 0. The van der Waals surface area contributed by atoms with Gasteiger partial charge in [-0.05, 0) is 38.1 Å². The molecule has 0 radical (unpaired) electrons. The molecule has 2 N–H and O–H groups in total. The molecule has 1 aromatic heterocycles. The van der Waals surface area contributed by atoms with E-state index in [1.165, 1.54) is 17.5 Å². The van der Waals surface area contributed by atoms with Crippen molar-refractivity contribution in [1.82, 2.24) is 4.98 Å². The van der Waals surface area contributed by atoms with Crippen LogP contribution in [0.2, 0.25) is 0 Å². The molecule has 3 rings (SSSR count). The molecule has 0 aliphatic rings. The smallest absolute Gasteiger partial charge is 0.275 e. The minimum atomic E-state index is -3.74. The highest BCUT2D eigenvalue weighted by Crippen LogP contribution is 2.21. The first-order valence-electron chi connectivity index (χ1n) is 7.76. The molecule has 0 fully saturated rings. The minimum absolute atomic E-state index is 0.139. The number of hydrogen-bond donors (Lipinski definition) is 2. The molecule has 1 heterocycles. The summed E-state index contributed by atoms with van der Waals surface area (Å²) >= 11 is 1.05. The van der Waals surface area contributed by atoms with Crippen molar-refractivity contribution in [2.75, 3.05) is 10.0 Å². The number of carbonyl (C=O) groups is 1. The molecule has 0 aliphatic heterocycles. The quantitative estimate of drug-likeness (QED) is 0.697. The summed E-state index contributed by atoms with van der Waals surface area (Å²) in [5, 5.41) is 4.38. The van der Waals surface area contributed by atoms with Gasteiger partial charge in [0.15, 0.2) is 5.13 Å². The van der Waals surface area contributed by atoms with E-state index < -0.39 is 15.9 Å². The first kappa shape index (κ1) is 18.1. The van der Waals surface area contributed by atoms with E-state index in [0.717, 1.165) is 22.5 Å². The summed E-state index contributed by atoms with van der Waals surface area (Å²) in [4.78, 5) is 16.5. The number of rotatable bonds is 5. The van der Waals surface area contributed by atoms with Crippen LogP contribution in [0.4, 0.5) is 10.8 Å². The van der Waals surface area contributed by atoms with Crippen molar-refractivity contribution in [1.29, 1.82) is 0 Å². The van der Waals surface area contributed by atoms with Crippen molar-refractivity contribution in [3.05, 3.63) is 70.7 Å². The van der Waals surface area contributed by atoms with E-state index in [4.69, 9.17) is 0 Å². The van der Waals surface area contributed by atoms with Gasteiger partial charge in [0, 0.05) is 11.1 Å². The lowest BCUT2D eigenvalue weighted by atomic mass is 10.2. The van der Waals surface area contributed by atoms with Crippen molar-refractivity contribution in [3.8, 4) is 0 Å². The van der Waals surface area contributed by atoms with E-state index in [1.54, 1.807) is 24.3 Å². The van der Waals surface area contributed by atoms with E-state index in [2.05, 4.69) is 15.0 Å². The Morgan fingerprint density at radius 2 is 1.54 bits per heavy atom. The Bertz CT molecular complexity index is 1020. The second-order valence-corrected chi connectivity index (χ2v) is 8.32. The van der Waals surface area contributed by atoms with Crippen LogP contribution in [0.1, 0.15) is 21.6 Å². The topological polar surface area (TPSA) is 88.2 Å². The second kappa shape index (κ2) is 7.27. The molecule has 0 aliphatic carbocycles. The van der Waals surface area contributed by atoms with Crippen molar-refractivity contribution in [3.63, 3.8) is 0 Å². The number of aromatic nitrogens is 1. The summed E-state index contributed by atoms with van der Waals surface area (Å²) in [6.45, 7) is 3.84. The van der Waals surface area contributed by atoms with Crippen molar-refractivity contribution in [2.45, 2.75) is 18.7 Å². The Balaban J connectivity index is 1.72. The molecule has 8 heteroatoms. The Morgan fingerprint density at radius 3 is 2.15 bits per heavy atom. The lowest BCUT2D eigenvalue weighted by Gasteiger charge is -2.05. The highest BCUT2D eigenvalue weighted by atomic mass is 32.2. The highest BCUT2D eigenvalue weighted by molar-refractivity contribution is 7.93. The number of nitrogens with zero attached hydrogens (tertiary/aromatic N) is 1. The summed E-state index contributed by atoms with van der Waals surface area (Å²) in [5.41, 5.74) is 2.85. The molecule has 3 aromatic rings. The van der Waals surface area contributed by atoms with Gasteiger partial charge in [-0.1, -0.05) is 35.4 Å².